The van der Waals surface area contributed by atoms with Gasteiger partial charge in [-0.05, 0) is 24.6 Å². The highest BCUT2D eigenvalue weighted by molar-refractivity contribution is 8.00. The van der Waals surface area contributed by atoms with E-state index < -0.39 is 0 Å². The van der Waals surface area contributed by atoms with Crippen molar-refractivity contribution in [2.45, 2.75) is 38.1 Å². The predicted molar refractivity (Wildman–Crippen MR) is 86.8 cm³/mol. The molecule has 108 valence electrons. The molecule has 1 saturated heterocycles. The first-order valence-corrected chi connectivity index (χ1v) is 8.30. The molecule has 0 aromatic heterocycles. The SMILES string of the molecule is CC1SCCN(Cc2ccc(C#CCCO)cc2)C1C. The lowest BCUT2D eigenvalue weighted by molar-refractivity contribution is 0.204. The fraction of sp³-hybridized carbons (Fsp3) is 0.529. The number of hydrogen-bond donors (Lipinski definition) is 1. The van der Waals surface area contributed by atoms with Crippen LogP contribution in [0.3, 0.4) is 0 Å². The molecule has 2 rings (SSSR count). The highest BCUT2D eigenvalue weighted by atomic mass is 32.2. The van der Waals surface area contributed by atoms with Gasteiger partial charge in [-0.2, -0.15) is 11.8 Å². The van der Waals surface area contributed by atoms with Crippen LogP contribution in [0.2, 0.25) is 0 Å². The van der Waals surface area contributed by atoms with Crippen molar-refractivity contribution < 1.29 is 5.11 Å². The minimum atomic E-state index is 0.133. The van der Waals surface area contributed by atoms with Crippen LogP contribution in [0.5, 0.6) is 0 Å². The van der Waals surface area contributed by atoms with Crippen LogP contribution in [-0.2, 0) is 6.54 Å². The molecule has 2 atom stereocenters. The Kier molecular flexibility index (Phi) is 5.97. The van der Waals surface area contributed by atoms with E-state index in [4.69, 9.17) is 5.11 Å². The van der Waals surface area contributed by atoms with E-state index in [-0.39, 0.29) is 6.61 Å². The van der Waals surface area contributed by atoms with Crippen LogP contribution in [0.25, 0.3) is 0 Å². The Morgan fingerprint density at radius 3 is 2.75 bits per heavy atom. The molecule has 0 bridgehead atoms. The van der Waals surface area contributed by atoms with Gasteiger partial charge in [-0.25, -0.2) is 0 Å². The van der Waals surface area contributed by atoms with Gasteiger partial charge in [0.05, 0.1) is 6.61 Å². The van der Waals surface area contributed by atoms with Gasteiger partial charge in [0.2, 0.25) is 0 Å². The molecule has 3 heteroatoms. The molecular formula is C17H23NOS. The van der Waals surface area contributed by atoms with E-state index in [1.54, 1.807) is 0 Å². The zero-order chi connectivity index (χ0) is 14.4. The Hall–Kier alpha value is -0.950. The number of rotatable bonds is 3. The minimum Gasteiger partial charge on any atom is -0.395 e. The summed E-state index contributed by atoms with van der Waals surface area (Å²) in [4.78, 5) is 2.56. The molecule has 1 aromatic carbocycles. The van der Waals surface area contributed by atoms with Gasteiger partial charge in [0.1, 0.15) is 0 Å². The van der Waals surface area contributed by atoms with Gasteiger partial charge in [0.15, 0.2) is 0 Å². The van der Waals surface area contributed by atoms with Crippen LogP contribution in [0.15, 0.2) is 24.3 Å². The lowest BCUT2D eigenvalue weighted by Gasteiger charge is -2.37. The molecule has 0 saturated carbocycles. The normalized spacial score (nSPS) is 23.1. The highest BCUT2D eigenvalue weighted by Crippen LogP contribution is 2.25. The molecule has 1 aliphatic heterocycles. The summed E-state index contributed by atoms with van der Waals surface area (Å²) in [7, 11) is 0. The third-order valence-electron chi connectivity index (χ3n) is 3.82. The third kappa shape index (κ3) is 4.28. The molecule has 1 N–H and O–H groups in total. The second-order valence-corrected chi connectivity index (χ2v) is 6.74. The molecule has 1 fully saturated rings. The maximum absolute atomic E-state index is 8.71. The van der Waals surface area contributed by atoms with E-state index in [1.165, 1.54) is 17.9 Å². The largest absolute Gasteiger partial charge is 0.395 e. The standard InChI is InChI=1S/C17H23NOS/c1-14-15(2)20-12-10-18(14)13-17-8-6-16(7-9-17)5-3-4-11-19/h6-9,14-15,19H,4,10-13H2,1-2H3. The molecule has 2 nitrogen and oxygen atoms in total. The summed E-state index contributed by atoms with van der Waals surface area (Å²) in [5.74, 6) is 7.25. The number of aliphatic hydroxyl groups is 1. The van der Waals surface area contributed by atoms with Crippen LogP contribution in [0.4, 0.5) is 0 Å². The van der Waals surface area contributed by atoms with Crippen molar-refractivity contribution in [2.24, 2.45) is 0 Å². The van der Waals surface area contributed by atoms with Crippen molar-refractivity contribution in [3.63, 3.8) is 0 Å². The Labute approximate surface area is 126 Å². The van der Waals surface area contributed by atoms with Crippen molar-refractivity contribution in [1.82, 2.24) is 4.90 Å². The summed E-state index contributed by atoms with van der Waals surface area (Å²) < 4.78 is 0. The van der Waals surface area contributed by atoms with Crippen molar-refractivity contribution in [3.8, 4) is 11.8 Å². The van der Waals surface area contributed by atoms with E-state index in [0.717, 1.165) is 12.1 Å². The molecule has 0 amide bonds. The van der Waals surface area contributed by atoms with Gasteiger partial charge >= 0.3 is 0 Å². The van der Waals surface area contributed by atoms with E-state index >= 15 is 0 Å². The summed E-state index contributed by atoms with van der Waals surface area (Å²) in [5, 5.41) is 9.42. The average Bonchev–Trinajstić information content (AvgIpc) is 2.46. The summed E-state index contributed by atoms with van der Waals surface area (Å²) >= 11 is 2.07. The van der Waals surface area contributed by atoms with Crippen molar-refractivity contribution in [2.75, 3.05) is 18.9 Å². The zero-order valence-corrected chi connectivity index (χ0v) is 13.1. The number of hydrogen-bond acceptors (Lipinski definition) is 3. The van der Waals surface area contributed by atoms with E-state index in [1.807, 2.05) is 0 Å². The summed E-state index contributed by atoms with van der Waals surface area (Å²) in [5.41, 5.74) is 2.38. The Morgan fingerprint density at radius 2 is 2.05 bits per heavy atom. The lowest BCUT2D eigenvalue weighted by atomic mass is 10.1. The Morgan fingerprint density at radius 1 is 1.30 bits per heavy atom. The minimum absolute atomic E-state index is 0.133. The molecule has 1 aromatic rings. The van der Waals surface area contributed by atoms with Crippen molar-refractivity contribution >= 4 is 11.8 Å². The topological polar surface area (TPSA) is 23.5 Å². The third-order valence-corrected chi connectivity index (χ3v) is 5.16. The molecule has 2 unspecified atom stereocenters. The molecular weight excluding hydrogens is 266 g/mol. The molecule has 1 aliphatic rings. The van der Waals surface area contributed by atoms with Crippen molar-refractivity contribution in [3.05, 3.63) is 35.4 Å². The maximum atomic E-state index is 8.71. The van der Waals surface area contributed by atoms with Crippen LogP contribution in [-0.4, -0.2) is 40.2 Å². The second-order valence-electron chi connectivity index (χ2n) is 5.26. The number of thioether (sulfide) groups is 1. The van der Waals surface area contributed by atoms with Crippen LogP contribution < -0.4 is 0 Å². The molecule has 0 aliphatic carbocycles. The van der Waals surface area contributed by atoms with Gasteiger partial charge < -0.3 is 5.11 Å². The van der Waals surface area contributed by atoms with E-state index in [0.29, 0.717) is 17.7 Å². The number of aliphatic hydroxyl groups excluding tert-OH is 1. The first-order chi connectivity index (χ1) is 9.70. The fourth-order valence-electron chi connectivity index (χ4n) is 2.37. The first-order valence-electron chi connectivity index (χ1n) is 7.25. The lowest BCUT2D eigenvalue weighted by Crippen LogP contribution is -2.43. The number of nitrogens with zero attached hydrogens (tertiary/aromatic N) is 1. The van der Waals surface area contributed by atoms with Gasteiger partial charge in [-0.3, -0.25) is 4.90 Å². The predicted octanol–water partition coefficient (Wildman–Crippen LogP) is 2.75. The van der Waals surface area contributed by atoms with E-state index in [9.17, 15) is 0 Å². The van der Waals surface area contributed by atoms with Crippen LogP contribution in [0.1, 0.15) is 31.4 Å². The highest BCUT2D eigenvalue weighted by Gasteiger charge is 2.24. The van der Waals surface area contributed by atoms with Gasteiger partial charge in [-0.15, -0.1) is 0 Å². The zero-order valence-electron chi connectivity index (χ0n) is 12.3. The second kappa shape index (κ2) is 7.73. The van der Waals surface area contributed by atoms with Crippen LogP contribution in [0, 0.1) is 11.8 Å². The van der Waals surface area contributed by atoms with Crippen LogP contribution >= 0.6 is 11.8 Å². The Bertz CT molecular complexity index is 474. The monoisotopic (exact) mass is 289 g/mol. The summed E-state index contributed by atoms with van der Waals surface area (Å²) in [6.45, 7) is 6.98. The summed E-state index contributed by atoms with van der Waals surface area (Å²) in [6, 6.07) is 9.13. The molecule has 20 heavy (non-hydrogen) atoms. The summed E-state index contributed by atoms with van der Waals surface area (Å²) in [6.07, 6.45) is 0.544. The Balaban J connectivity index is 1.95. The average molecular weight is 289 g/mol. The fourth-order valence-corrected chi connectivity index (χ4v) is 3.53. The number of benzene rings is 1. The van der Waals surface area contributed by atoms with E-state index in [2.05, 4.69) is 66.6 Å². The first kappa shape index (κ1) is 15.4. The quantitative estimate of drug-likeness (QED) is 0.866. The van der Waals surface area contributed by atoms with Crippen molar-refractivity contribution in [1.29, 1.82) is 0 Å². The molecule has 0 radical (unpaired) electrons. The smallest absolute Gasteiger partial charge is 0.0540 e. The van der Waals surface area contributed by atoms with Gasteiger partial charge in [0.25, 0.3) is 0 Å². The van der Waals surface area contributed by atoms with Gasteiger partial charge in [-0.1, -0.05) is 30.9 Å². The maximum Gasteiger partial charge on any atom is 0.0540 e. The molecule has 1 heterocycles. The van der Waals surface area contributed by atoms with Gasteiger partial charge in [0, 0.05) is 42.1 Å². The molecule has 0 spiro atoms.